The summed E-state index contributed by atoms with van der Waals surface area (Å²) in [4.78, 5) is 5.16. The molecule has 1 aromatic rings. The molecule has 3 rings (SSSR count). The van der Waals surface area contributed by atoms with Crippen LogP contribution in [0.15, 0.2) is 35.5 Å². The largest absolute Gasteiger partial charge is 0.395 e. The smallest absolute Gasteiger partial charge is 0.129 e. The predicted molar refractivity (Wildman–Crippen MR) is 92.3 cm³/mol. The first-order chi connectivity index (χ1) is 11.1. The molecule has 0 aromatic heterocycles. The van der Waals surface area contributed by atoms with Gasteiger partial charge in [0, 0.05) is 24.1 Å². The summed E-state index contributed by atoms with van der Waals surface area (Å²) in [5.74, 6) is 0.737. The Bertz CT molecular complexity index is 548. The molecule has 126 valence electrons. The lowest BCUT2D eigenvalue weighted by Crippen LogP contribution is -2.49. The van der Waals surface area contributed by atoms with E-state index in [9.17, 15) is 5.11 Å². The van der Waals surface area contributed by atoms with Crippen molar-refractivity contribution in [2.24, 2.45) is 22.2 Å². The van der Waals surface area contributed by atoms with E-state index in [0.29, 0.717) is 19.1 Å². The van der Waals surface area contributed by atoms with Gasteiger partial charge in [0.15, 0.2) is 0 Å². The monoisotopic (exact) mass is 316 g/mol. The van der Waals surface area contributed by atoms with Crippen LogP contribution in [0.4, 0.5) is 0 Å². The van der Waals surface area contributed by atoms with Crippen molar-refractivity contribution in [3.63, 3.8) is 0 Å². The van der Waals surface area contributed by atoms with E-state index in [-0.39, 0.29) is 11.3 Å². The summed E-state index contributed by atoms with van der Waals surface area (Å²) in [6.45, 7) is 3.14. The second-order valence-electron chi connectivity index (χ2n) is 7.32. The van der Waals surface area contributed by atoms with Crippen LogP contribution in [0, 0.1) is 11.3 Å². The first-order valence-electron chi connectivity index (χ1n) is 8.72. The summed E-state index contributed by atoms with van der Waals surface area (Å²) in [6.07, 6.45) is 6.72. The molecule has 0 aliphatic heterocycles. The first kappa shape index (κ1) is 16.5. The Morgan fingerprint density at radius 1 is 1.30 bits per heavy atom. The molecule has 3 N–H and O–H groups in total. The maximum Gasteiger partial charge on any atom is 0.129 e. The molecular formula is C19H28N2O2. The van der Waals surface area contributed by atoms with Crippen molar-refractivity contribution in [3.8, 4) is 0 Å². The van der Waals surface area contributed by atoms with E-state index in [1.165, 1.54) is 5.56 Å². The molecule has 23 heavy (non-hydrogen) atoms. The highest BCUT2D eigenvalue weighted by Crippen LogP contribution is 2.60. The van der Waals surface area contributed by atoms with Gasteiger partial charge in [0.05, 0.1) is 5.60 Å². The number of fused-ring (bicyclic) bond motifs is 1. The molecule has 2 aliphatic rings. The quantitative estimate of drug-likeness (QED) is 0.498. The van der Waals surface area contributed by atoms with Crippen molar-refractivity contribution in [3.05, 3.63) is 35.9 Å². The molecule has 2 aliphatic carbocycles. The third-order valence-corrected chi connectivity index (χ3v) is 6.14. The third kappa shape index (κ3) is 3.02. The maximum atomic E-state index is 11.4. The Hall–Kier alpha value is -1.39. The number of hydrogen-bond acceptors (Lipinski definition) is 4. The van der Waals surface area contributed by atoms with E-state index in [1.54, 1.807) is 0 Å². The van der Waals surface area contributed by atoms with E-state index in [0.717, 1.165) is 32.1 Å². The van der Waals surface area contributed by atoms with Crippen molar-refractivity contribution in [1.82, 2.24) is 0 Å². The van der Waals surface area contributed by atoms with Crippen molar-refractivity contribution in [2.45, 2.75) is 50.5 Å². The standard InChI is InChI=1S/C19H28N2O2/c1-18-9-7-16(15-5-3-2-4-6-15)13-19(18,22)10-8-17(18)14-21-23-12-11-20/h2-6,14,16-17,22H,7-13,20H2,1H3/b21-14+/t16-,17+,18+,19-/m0/s1. The molecule has 2 saturated carbocycles. The van der Waals surface area contributed by atoms with Crippen LogP contribution in [0.25, 0.3) is 0 Å². The van der Waals surface area contributed by atoms with Gasteiger partial charge in [-0.3, -0.25) is 0 Å². The molecule has 4 heteroatoms. The Balaban J connectivity index is 1.72. The SMILES string of the molecule is C[C@]12CC[C@H](c3ccccc3)C[C@@]1(O)CC[C@@H]2/C=N/OCCN. The summed E-state index contributed by atoms with van der Waals surface area (Å²) in [5.41, 5.74) is 6.06. The van der Waals surface area contributed by atoms with Gasteiger partial charge in [-0.15, -0.1) is 0 Å². The van der Waals surface area contributed by atoms with Gasteiger partial charge < -0.3 is 15.7 Å². The molecular weight excluding hydrogens is 288 g/mol. The second kappa shape index (κ2) is 6.62. The number of nitrogens with zero attached hydrogens (tertiary/aromatic N) is 1. The zero-order valence-electron chi connectivity index (χ0n) is 13.9. The van der Waals surface area contributed by atoms with Crippen LogP contribution < -0.4 is 5.73 Å². The van der Waals surface area contributed by atoms with Gasteiger partial charge >= 0.3 is 0 Å². The van der Waals surface area contributed by atoms with Gasteiger partial charge in [-0.25, -0.2) is 0 Å². The summed E-state index contributed by atoms with van der Waals surface area (Å²) in [5, 5.41) is 15.4. The number of benzene rings is 1. The topological polar surface area (TPSA) is 67.8 Å². The lowest BCUT2D eigenvalue weighted by Gasteiger charge is -2.48. The fourth-order valence-corrected chi connectivity index (χ4v) is 4.55. The van der Waals surface area contributed by atoms with Crippen LogP contribution in [0.1, 0.15) is 50.5 Å². The van der Waals surface area contributed by atoms with Crippen LogP contribution in [0.3, 0.4) is 0 Å². The van der Waals surface area contributed by atoms with Gasteiger partial charge in [0.2, 0.25) is 0 Å². The Morgan fingerprint density at radius 2 is 2.09 bits per heavy atom. The van der Waals surface area contributed by atoms with Crippen LogP contribution in [-0.4, -0.2) is 30.1 Å². The van der Waals surface area contributed by atoms with Crippen molar-refractivity contribution >= 4 is 6.21 Å². The normalized spacial score (nSPS) is 37.0. The zero-order chi connectivity index (χ0) is 16.3. The number of rotatable bonds is 5. The lowest BCUT2D eigenvalue weighted by molar-refractivity contribution is -0.0959. The number of nitrogens with two attached hydrogens (primary N) is 1. The van der Waals surface area contributed by atoms with Gasteiger partial charge in [-0.05, 0) is 43.6 Å². The van der Waals surface area contributed by atoms with E-state index in [2.05, 4.69) is 42.4 Å². The minimum atomic E-state index is -0.601. The molecule has 2 fully saturated rings. The van der Waals surface area contributed by atoms with Crippen LogP contribution in [0.5, 0.6) is 0 Å². The third-order valence-electron chi connectivity index (χ3n) is 6.14. The van der Waals surface area contributed by atoms with Crippen molar-refractivity contribution < 1.29 is 9.94 Å². The predicted octanol–water partition coefficient (Wildman–Crippen LogP) is 3.06. The Morgan fingerprint density at radius 3 is 2.83 bits per heavy atom. The van der Waals surface area contributed by atoms with Crippen LogP contribution in [-0.2, 0) is 4.84 Å². The fraction of sp³-hybridized carbons (Fsp3) is 0.632. The van der Waals surface area contributed by atoms with Gasteiger partial charge in [0.25, 0.3) is 0 Å². The first-order valence-corrected chi connectivity index (χ1v) is 8.72. The van der Waals surface area contributed by atoms with E-state index >= 15 is 0 Å². The summed E-state index contributed by atoms with van der Waals surface area (Å²) >= 11 is 0. The molecule has 0 saturated heterocycles. The van der Waals surface area contributed by atoms with Crippen LogP contribution in [0.2, 0.25) is 0 Å². The summed E-state index contributed by atoms with van der Waals surface area (Å²) in [6, 6.07) is 10.6. The molecule has 0 heterocycles. The summed E-state index contributed by atoms with van der Waals surface area (Å²) in [7, 11) is 0. The minimum Gasteiger partial charge on any atom is -0.395 e. The van der Waals surface area contributed by atoms with Crippen LogP contribution >= 0.6 is 0 Å². The Kier molecular flexibility index (Phi) is 4.74. The van der Waals surface area contributed by atoms with E-state index in [1.807, 2.05) is 6.21 Å². The zero-order valence-corrected chi connectivity index (χ0v) is 13.9. The van der Waals surface area contributed by atoms with Gasteiger partial charge in [0.1, 0.15) is 6.61 Å². The summed E-state index contributed by atoms with van der Waals surface area (Å²) < 4.78 is 0. The molecule has 0 radical (unpaired) electrons. The number of aliphatic hydroxyl groups is 1. The highest BCUT2D eigenvalue weighted by Gasteiger charge is 2.58. The van der Waals surface area contributed by atoms with E-state index in [4.69, 9.17) is 10.6 Å². The van der Waals surface area contributed by atoms with E-state index < -0.39 is 5.60 Å². The maximum absolute atomic E-state index is 11.4. The second-order valence-corrected chi connectivity index (χ2v) is 7.32. The average molecular weight is 316 g/mol. The van der Waals surface area contributed by atoms with Gasteiger partial charge in [-0.2, -0.15) is 0 Å². The Labute approximate surface area is 138 Å². The molecule has 0 bridgehead atoms. The van der Waals surface area contributed by atoms with Gasteiger partial charge in [-0.1, -0.05) is 42.4 Å². The average Bonchev–Trinajstić information content (AvgIpc) is 2.83. The number of oxime groups is 1. The molecule has 4 nitrogen and oxygen atoms in total. The molecule has 0 unspecified atom stereocenters. The minimum absolute atomic E-state index is 0.103. The number of hydrogen-bond donors (Lipinski definition) is 2. The molecule has 4 atom stereocenters. The van der Waals surface area contributed by atoms with Crippen molar-refractivity contribution in [2.75, 3.05) is 13.2 Å². The highest BCUT2D eigenvalue weighted by molar-refractivity contribution is 5.62. The molecule has 0 amide bonds. The molecule has 0 spiro atoms. The lowest BCUT2D eigenvalue weighted by atomic mass is 9.59. The molecule has 1 aromatic carbocycles. The fourth-order valence-electron chi connectivity index (χ4n) is 4.55. The van der Waals surface area contributed by atoms with Crippen molar-refractivity contribution in [1.29, 1.82) is 0 Å². The highest BCUT2D eigenvalue weighted by atomic mass is 16.6.